The highest BCUT2D eigenvalue weighted by molar-refractivity contribution is 6.31. The molecule has 1 aromatic rings. The Hall–Kier alpha value is -0.580. The number of hydrogen-bond donors (Lipinski definition) is 2. The smallest absolute Gasteiger partial charge is 0.0847 e. The Labute approximate surface area is 102 Å². The van der Waals surface area contributed by atoms with Crippen molar-refractivity contribution in [3.8, 4) is 0 Å². The van der Waals surface area contributed by atoms with Crippen LogP contribution in [-0.2, 0) is 13.5 Å². The predicted molar refractivity (Wildman–Crippen MR) is 67.3 cm³/mol. The molecule has 0 fully saturated rings. The minimum Gasteiger partial charge on any atom is -0.271 e. The highest BCUT2D eigenvalue weighted by Crippen LogP contribution is 2.21. The van der Waals surface area contributed by atoms with Crippen LogP contribution in [0, 0.1) is 6.92 Å². The van der Waals surface area contributed by atoms with Gasteiger partial charge in [-0.05, 0) is 13.3 Å². The number of aryl methyl sites for hydroxylation is 2. The second kappa shape index (κ2) is 6.23. The third kappa shape index (κ3) is 3.20. The number of hydrogen-bond acceptors (Lipinski definition) is 3. The summed E-state index contributed by atoms with van der Waals surface area (Å²) in [4.78, 5) is 0. The standard InChI is InChI=1S/C11H21ClN4/c1-4-5-6-9(14-13)7-10-11(12)8(2)15-16(10)3/h9,14H,4-7,13H2,1-3H3. The maximum absolute atomic E-state index is 6.20. The SMILES string of the molecule is CCCCC(Cc1c(Cl)c(C)nn1C)NN. The van der Waals surface area contributed by atoms with Crippen LogP contribution < -0.4 is 11.3 Å². The first-order chi connectivity index (χ1) is 7.60. The molecule has 1 unspecified atom stereocenters. The van der Waals surface area contributed by atoms with Gasteiger partial charge >= 0.3 is 0 Å². The van der Waals surface area contributed by atoms with E-state index in [1.54, 1.807) is 0 Å². The Bertz CT molecular complexity index is 335. The first-order valence-electron chi connectivity index (χ1n) is 5.74. The van der Waals surface area contributed by atoms with Crippen molar-refractivity contribution in [2.24, 2.45) is 12.9 Å². The van der Waals surface area contributed by atoms with Crippen LogP contribution in [-0.4, -0.2) is 15.8 Å². The van der Waals surface area contributed by atoms with Crippen molar-refractivity contribution in [3.05, 3.63) is 16.4 Å². The van der Waals surface area contributed by atoms with E-state index >= 15 is 0 Å². The zero-order valence-electron chi connectivity index (χ0n) is 10.3. The van der Waals surface area contributed by atoms with Crippen LogP contribution in [0.15, 0.2) is 0 Å². The van der Waals surface area contributed by atoms with Crippen LogP contribution in [0.3, 0.4) is 0 Å². The molecule has 16 heavy (non-hydrogen) atoms. The van der Waals surface area contributed by atoms with Gasteiger partial charge in [-0.15, -0.1) is 0 Å². The number of nitrogens with one attached hydrogen (secondary N) is 1. The van der Waals surface area contributed by atoms with Gasteiger partial charge in [0.05, 0.1) is 16.4 Å². The Kier molecular flexibility index (Phi) is 5.25. The molecule has 0 amide bonds. The van der Waals surface area contributed by atoms with E-state index in [0.717, 1.165) is 29.3 Å². The molecule has 0 aromatic carbocycles. The highest BCUT2D eigenvalue weighted by Gasteiger charge is 2.15. The second-order valence-corrected chi connectivity index (χ2v) is 4.56. The Morgan fingerprint density at radius 2 is 2.25 bits per heavy atom. The summed E-state index contributed by atoms with van der Waals surface area (Å²) in [7, 11) is 1.92. The van der Waals surface area contributed by atoms with Crippen LogP contribution in [0.5, 0.6) is 0 Å². The Morgan fingerprint density at radius 1 is 1.56 bits per heavy atom. The molecular formula is C11H21ClN4. The molecule has 5 heteroatoms. The topological polar surface area (TPSA) is 55.9 Å². The number of rotatable bonds is 6. The molecule has 1 aromatic heterocycles. The van der Waals surface area contributed by atoms with E-state index in [1.165, 1.54) is 12.8 Å². The summed E-state index contributed by atoms with van der Waals surface area (Å²) < 4.78 is 1.84. The Balaban J connectivity index is 2.69. The summed E-state index contributed by atoms with van der Waals surface area (Å²) in [5.41, 5.74) is 4.78. The molecule has 0 spiro atoms. The van der Waals surface area contributed by atoms with Crippen LogP contribution in [0.25, 0.3) is 0 Å². The van der Waals surface area contributed by atoms with Gasteiger partial charge in [-0.2, -0.15) is 5.10 Å². The number of hydrazine groups is 1. The minimum atomic E-state index is 0.271. The van der Waals surface area contributed by atoms with Gasteiger partial charge in [0.2, 0.25) is 0 Å². The van der Waals surface area contributed by atoms with Gasteiger partial charge in [0.1, 0.15) is 0 Å². The number of halogens is 1. The van der Waals surface area contributed by atoms with E-state index in [4.69, 9.17) is 17.4 Å². The summed E-state index contributed by atoms with van der Waals surface area (Å²) in [5, 5.41) is 5.06. The van der Waals surface area contributed by atoms with Crippen molar-refractivity contribution in [3.63, 3.8) is 0 Å². The van der Waals surface area contributed by atoms with Crippen LogP contribution in [0.2, 0.25) is 5.02 Å². The second-order valence-electron chi connectivity index (χ2n) is 4.18. The van der Waals surface area contributed by atoms with Crippen molar-refractivity contribution >= 4 is 11.6 Å². The fourth-order valence-corrected chi connectivity index (χ4v) is 2.07. The predicted octanol–water partition coefficient (Wildman–Crippen LogP) is 1.95. The summed E-state index contributed by atoms with van der Waals surface area (Å²) in [6.07, 6.45) is 4.24. The Morgan fingerprint density at radius 3 is 2.69 bits per heavy atom. The molecule has 0 saturated heterocycles. The van der Waals surface area contributed by atoms with E-state index in [-0.39, 0.29) is 6.04 Å². The first-order valence-corrected chi connectivity index (χ1v) is 6.12. The van der Waals surface area contributed by atoms with Gasteiger partial charge in [-0.1, -0.05) is 31.4 Å². The molecule has 0 radical (unpaired) electrons. The lowest BCUT2D eigenvalue weighted by Gasteiger charge is -2.15. The maximum atomic E-state index is 6.20. The molecule has 0 aliphatic heterocycles. The average Bonchev–Trinajstić information content (AvgIpc) is 2.50. The summed E-state index contributed by atoms with van der Waals surface area (Å²) in [6.45, 7) is 4.09. The molecule has 1 atom stereocenters. The quantitative estimate of drug-likeness (QED) is 0.594. The molecule has 0 aliphatic rings. The zero-order valence-corrected chi connectivity index (χ0v) is 11.0. The number of unbranched alkanes of at least 4 members (excludes halogenated alkanes) is 1. The van der Waals surface area contributed by atoms with E-state index < -0.39 is 0 Å². The van der Waals surface area contributed by atoms with Crippen molar-refractivity contribution < 1.29 is 0 Å². The molecule has 3 N–H and O–H groups in total. The third-order valence-corrected chi connectivity index (χ3v) is 3.33. The van der Waals surface area contributed by atoms with Crippen molar-refractivity contribution in [2.45, 2.75) is 45.6 Å². The molecular weight excluding hydrogens is 224 g/mol. The number of aromatic nitrogens is 2. The zero-order chi connectivity index (χ0) is 12.1. The van der Waals surface area contributed by atoms with Crippen molar-refractivity contribution in [2.75, 3.05) is 0 Å². The maximum Gasteiger partial charge on any atom is 0.0847 e. The fraction of sp³-hybridized carbons (Fsp3) is 0.727. The lowest BCUT2D eigenvalue weighted by atomic mass is 10.1. The van der Waals surface area contributed by atoms with Crippen LogP contribution >= 0.6 is 11.6 Å². The third-order valence-electron chi connectivity index (χ3n) is 2.84. The molecule has 1 heterocycles. The van der Waals surface area contributed by atoms with E-state index in [0.29, 0.717) is 0 Å². The normalized spacial score (nSPS) is 13.1. The lowest BCUT2D eigenvalue weighted by Crippen LogP contribution is -2.37. The van der Waals surface area contributed by atoms with Gasteiger partial charge < -0.3 is 0 Å². The van der Waals surface area contributed by atoms with E-state index in [9.17, 15) is 0 Å². The number of nitrogens with zero attached hydrogens (tertiary/aromatic N) is 2. The molecule has 0 aliphatic carbocycles. The molecule has 0 bridgehead atoms. The largest absolute Gasteiger partial charge is 0.271 e. The average molecular weight is 245 g/mol. The number of nitrogens with two attached hydrogens (primary N) is 1. The first kappa shape index (κ1) is 13.5. The van der Waals surface area contributed by atoms with Gasteiger partial charge in [-0.25, -0.2) is 0 Å². The van der Waals surface area contributed by atoms with E-state index in [2.05, 4.69) is 17.4 Å². The fourth-order valence-electron chi connectivity index (χ4n) is 1.83. The van der Waals surface area contributed by atoms with Crippen molar-refractivity contribution in [1.82, 2.24) is 15.2 Å². The van der Waals surface area contributed by atoms with Crippen molar-refractivity contribution in [1.29, 1.82) is 0 Å². The molecule has 92 valence electrons. The highest BCUT2D eigenvalue weighted by atomic mass is 35.5. The summed E-state index contributed by atoms with van der Waals surface area (Å²) in [6, 6.07) is 0.271. The van der Waals surface area contributed by atoms with Crippen LogP contribution in [0.1, 0.15) is 37.6 Å². The summed E-state index contributed by atoms with van der Waals surface area (Å²) in [5.74, 6) is 5.55. The van der Waals surface area contributed by atoms with Gasteiger partial charge in [0.25, 0.3) is 0 Å². The summed E-state index contributed by atoms with van der Waals surface area (Å²) >= 11 is 6.20. The van der Waals surface area contributed by atoms with Gasteiger partial charge in [0.15, 0.2) is 0 Å². The molecule has 1 rings (SSSR count). The van der Waals surface area contributed by atoms with Gasteiger partial charge in [0, 0.05) is 19.5 Å². The lowest BCUT2D eigenvalue weighted by molar-refractivity contribution is 0.462. The molecule has 0 saturated carbocycles. The van der Waals surface area contributed by atoms with Gasteiger partial charge in [-0.3, -0.25) is 16.0 Å². The van der Waals surface area contributed by atoms with E-state index in [1.807, 2.05) is 18.7 Å². The monoisotopic (exact) mass is 244 g/mol. The molecule has 4 nitrogen and oxygen atoms in total. The minimum absolute atomic E-state index is 0.271. The van der Waals surface area contributed by atoms with Crippen LogP contribution in [0.4, 0.5) is 0 Å².